The SMILES string of the molecule is CC.CCCC1CCC(=O)N(Cc2cnc[nH]2)CC1. The van der Waals surface area contributed by atoms with Crippen molar-refractivity contribution in [2.45, 2.75) is 59.4 Å². The number of nitrogens with zero attached hydrogens (tertiary/aromatic N) is 2. The molecule has 1 unspecified atom stereocenters. The van der Waals surface area contributed by atoms with Gasteiger partial charge in [0.15, 0.2) is 0 Å². The molecular weight excluding hydrogens is 238 g/mol. The average molecular weight is 265 g/mol. The van der Waals surface area contributed by atoms with Gasteiger partial charge in [-0.2, -0.15) is 0 Å². The largest absolute Gasteiger partial charge is 0.347 e. The number of amides is 1. The summed E-state index contributed by atoms with van der Waals surface area (Å²) in [5.41, 5.74) is 1.02. The molecule has 1 aromatic heterocycles. The summed E-state index contributed by atoms with van der Waals surface area (Å²) in [5, 5.41) is 0. The second-order valence-electron chi connectivity index (χ2n) is 4.87. The number of aromatic amines is 1. The number of hydrogen-bond donors (Lipinski definition) is 1. The maximum Gasteiger partial charge on any atom is 0.222 e. The molecule has 2 rings (SSSR count). The predicted molar refractivity (Wildman–Crippen MR) is 77.6 cm³/mol. The molecule has 1 fully saturated rings. The van der Waals surface area contributed by atoms with Crippen LogP contribution in [0.4, 0.5) is 0 Å². The van der Waals surface area contributed by atoms with Crippen molar-refractivity contribution in [2.24, 2.45) is 5.92 Å². The van der Waals surface area contributed by atoms with Crippen LogP contribution >= 0.6 is 0 Å². The van der Waals surface area contributed by atoms with Gasteiger partial charge in [0.25, 0.3) is 0 Å². The summed E-state index contributed by atoms with van der Waals surface area (Å²) in [4.78, 5) is 21.0. The van der Waals surface area contributed by atoms with E-state index in [0.717, 1.165) is 31.0 Å². The van der Waals surface area contributed by atoms with Crippen molar-refractivity contribution in [3.63, 3.8) is 0 Å². The van der Waals surface area contributed by atoms with Gasteiger partial charge in [0, 0.05) is 19.2 Å². The van der Waals surface area contributed by atoms with Crippen molar-refractivity contribution in [1.29, 1.82) is 0 Å². The van der Waals surface area contributed by atoms with Crippen molar-refractivity contribution in [1.82, 2.24) is 14.9 Å². The quantitative estimate of drug-likeness (QED) is 0.907. The zero-order chi connectivity index (χ0) is 14.1. The summed E-state index contributed by atoms with van der Waals surface area (Å²) in [6.07, 6.45) is 8.85. The lowest BCUT2D eigenvalue weighted by Crippen LogP contribution is -2.29. The van der Waals surface area contributed by atoms with Crippen molar-refractivity contribution in [3.8, 4) is 0 Å². The fourth-order valence-electron chi connectivity index (χ4n) is 2.53. The minimum atomic E-state index is 0.290. The topological polar surface area (TPSA) is 49.0 Å². The molecule has 0 spiro atoms. The van der Waals surface area contributed by atoms with E-state index in [4.69, 9.17) is 0 Å². The van der Waals surface area contributed by atoms with E-state index in [2.05, 4.69) is 16.9 Å². The minimum absolute atomic E-state index is 0.290. The molecule has 1 aliphatic rings. The minimum Gasteiger partial charge on any atom is -0.347 e. The van der Waals surface area contributed by atoms with Crippen LogP contribution in [0.15, 0.2) is 12.5 Å². The first-order valence-corrected chi connectivity index (χ1v) is 7.54. The Morgan fingerprint density at radius 1 is 1.42 bits per heavy atom. The molecular formula is C15H27N3O. The van der Waals surface area contributed by atoms with Gasteiger partial charge in [-0.1, -0.05) is 33.6 Å². The van der Waals surface area contributed by atoms with Gasteiger partial charge in [-0.15, -0.1) is 0 Å². The van der Waals surface area contributed by atoms with Crippen molar-refractivity contribution < 1.29 is 4.79 Å². The molecule has 0 radical (unpaired) electrons. The molecule has 0 aromatic carbocycles. The van der Waals surface area contributed by atoms with E-state index in [-0.39, 0.29) is 0 Å². The molecule has 1 aliphatic heterocycles. The second-order valence-corrected chi connectivity index (χ2v) is 4.87. The standard InChI is InChI=1S/C13H21N3O.C2H6/c1-2-3-11-4-5-13(17)16(7-6-11)9-12-8-14-10-15-12;1-2/h8,10-11H,2-7,9H2,1H3,(H,14,15);1-2H3. The van der Waals surface area contributed by atoms with E-state index >= 15 is 0 Å². The van der Waals surface area contributed by atoms with Crippen LogP contribution in [0.25, 0.3) is 0 Å². The van der Waals surface area contributed by atoms with Crippen LogP contribution in [0, 0.1) is 5.92 Å². The van der Waals surface area contributed by atoms with E-state index in [0.29, 0.717) is 18.9 Å². The number of aromatic nitrogens is 2. The van der Waals surface area contributed by atoms with Gasteiger partial charge in [-0.3, -0.25) is 4.79 Å². The number of carbonyl (C=O) groups is 1. The fourth-order valence-corrected chi connectivity index (χ4v) is 2.53. The zero-order valence-corrected chi connectivity index (χ0v) is 12.5. The number of rotatable bonds is 4. The summed E-state index contributed by atoms with van der Waals surface area (Å²) in [6, 6.07) is 0. The maximum atomic E-state index is 12.0. The molecule has 1 atom stereocenters. The molecule has 0 aliphatic carbocycles. The molecule has 1 aromatic rings. The van der Waals surface area contributed by atoms with Gasteiger partial charge in [0.2, 0.25) is 5.91 Å². The number of carbonyl (C=O) groups excluding carboxylic acids is 1. The lowest BCUT2D eigenvalue weighted by Gasteiger charge is -2.19. The number of H-pyrrole nitrogens is 1. The first-order valence-electron chi connectivity index (χ1n) is 7.54. The first kappa shape index (κ1) is 15.7. The summed E-state index contributed by atoms with van der Waals surface area (Å²) in [6.45, 7) is 7.79. The Kier molecular flexibility index (Phi) is 7.23. The monoisotopic (exact) mass is 265 g/mol. The Balaban J connectivity index is 0.000000861. The van der Waals surface area contributed by atoms with Crippen LogP contribution < -0.4 is 0 Å². The second kappa shape index (κ2) is 8.73. The summed E-state index contributed by atoms with van der Waals surface area (Å²) in [7, 11) is 0. The van der Waals surface area contributed by atoms with Crippen LogP contribution in [0.5, 0.6) is 0 Å². The molecule has 0 bridgehead atoms. The number of nitrogens with one attached hydrogen (secondary N) is 1. The Morgan fingerprint density at radius 3 is 2.84 bits per heavy atom. The normalized spacial score (nSPS) is 19.6. The Bertz CT molecular complexity index is 348. The van der Waals surface area contributed by atoms with Gasteiger partial charge >= 0.3 is 0 Å². The molecule has 2 heterocycles. The van der Waals surface area contributed by atoms with Gasteiger partial charge in [-0.05, 0) is 18.8 Å². The van der Waals surface area contributed by atoms with Crippen LogP contribution in [0.2, 0.25) is 0 Å². The van der Waals surface area contributed by atoms with Crippen LogP contribution in [0.3, 0.4) is 0 Å². The van der Waals surface area contributed by atoms with E-state index in [1.54, 1.807) is 12.5 Å². The lowest BCUT2D eigenvalue weighted by molar-refractivity contribution is -0.131. The number of hydrogen-bond acceptors (Lipinski definition) is 2. The molecule has 1 amide bonds. The molecule has 1 saturated heterocycles. The van der Waals surface area contributed by atoms with Crippen LogP contribution in [0.1, 0.15) is 58.6 Å². The number of likely N-dealkylation sites (tertiary alicyclic amines) is 1. The highest BCUT2D eigenvalue weighted by Crippen LogP contribution is 2.23. The van der Waals surface area contributed by atoms with E-state index < -0.39 is 0 Å². The molecule has 4 nitrogen and oxygen atoms in total. The van der Waals surface area contributed by atoms with Gasteiger partial charge in [0.05, 0.1) is 18.6 Å². The average Bonchev–Trinajstić information content (AvgIpc) is 2.89. The Hall–Kier alpha value is -1.32. The molecule has 0 saturated carbocycles. The maximum absolute atomic E-state index is 12.0. The van der Waals surface area contributed by atoms with Gasteiger partial charge in [0.1, 0.15) is 0 Å². The van der Waals surface area contributed by atoms with E-state index in [9.17, 15) is 4.79 Å². The number of imidazole rings is 1. The van der Waals surface area contributed by atoms with Gasteiger partial charge < -0.3 is 9.88 Å². The first-order chi connectivity index (χ1) is 9.29. The third-order valence-corrected chi connectivity index (χ3v) is 3.54. The summed E-state index contributed by atoms with van der Waals surface area (Å²) in [5.74, 6) is 1.02. The highest BCUT2D eigenvalue weighted by molar-refractivity contribution is 5.76. The molecule has 108 valence electrons. The lowest BCUT2D eigenvalue weighted by atomic mass is 9.96. The summed E-state index contributed by atoms with van der Waals surface area (Å²) < 4.78 is 0. The van der Waals surface area contributed by atoms with Crippen molar-refractivity contribution in [2.75, 3.05) is 6.54 Å². The predicted octanol–water partition coefficient (Wildman–Crippen LogP) is 3.36. The third-order valence-electron chi connectivity index (χ3n) is 3.54. The van der Waals surface area contributed by atoms with Crippen LogP contribution in [-0.4, -0.2) is 27.3 Å². The summed E-state index contributed by atoms with van der Waals surface area (Å²) >= 11 is 0. The van der Waals surface area contributed by atoms with Crippen molar-refractivity contribution >= 4 is 5.91 Å². The molecule has 1 N–H and O–H groups in total. The van der Waals surface area contributed by atoms with Crippen LogP contribution in [-0.2, 0) is 11.3 Å². The fraction of sp³-hybridized carbons (Fsp3) is 0.733. The zero-order valence-electron chi connectivity index (χ0n) is 12.5. The highest BCUT2D eigenvalue weighted by atomic mass is 16.2. The van der Waals surface area contributed by atoms with Crippen molar-refractivity contribution in [3.05, 3.63) is 18.2 Å². The smallest absolute Gasteiger partial charge is 0.222 e. The van der Waals surface area contributed by atoms with Gasteiger partial charge in [-0.25, -0.2) is 4.98 Å². The van der Waals surface area contributed by atoms with E-state index in [1.165, 1.54) is 12.8 Å². The van der Waals surface area contributed by atoms with E-state index in [1.807, 2.05) is 18.7 Å². The molecule has 19 heavy (non-hydrogen) atoms. The molecule has 4 heteroatoms. The Labute approximate surface area is 116 Å². The highest BCUT2D eigenvalue weighted by Gasteiger charge is 2.22. The third kappa shape index (κ3) is 5.05. The Morgan fingerprint density at radius 2 is 2.21 bits per heavy atom.